The maximum absolute atomic E-state index is 12.6. The summed E-state index contributed by atoms with van der Waals surface area (Å²) in [5, 5.41) is 0.983. The molecule has 30 heavy (non-hydrogen) atoms. The van der Waals surface area contributed by atoms with E-state index in [2.05, 4.69) is 43.1 Å². The summed E-state index contributed by atoms with van der Waals surface area (Å²) in [7, 11) is 0. The first-order valence-electron chi connectivity index (χ1n) is 9.84. The van der Waals surface area contributed by atoms with Crippen molar-refractivity contribution < 1.29 is 4.79 Å². The molecule has 8 heteroatoms. The van der Waals surface area contributed by atoms with Crippen LogP contribution in [0.15, 0.2) is 61.8 Å². The van der Waals surface area contributed by atoms with Crippen molar-refractivity contribution in [2.24, 2.45) is 0 Å². The van der Waals surface area contributed by atoms with E-state index < -0.39 is 0 Å². The van der Waals surface area contributed by atoms with Crippen LogP contribution in [0.4, 0.5) is 0 Å². The van der Waals surface area contributed by atoms with Crippen molar-refractivity contribution in [2.45, 2.75) is 18.8 Å². The van der Waals surface area contributed by atoms with Crippen LogP contribution in [0.3, 0.4) is 0 Å². The highest BCUT2D eigenvalue weighted by atomic mass is 16.2. The first-order chi connectivity index (χ1) is 14.8. The average Bonchev–Trinajstić information content (AvgIpc) is 2.84. The molecule has 0 spiro atoms. The SMILES string of the molecule is O=C(c1cncnc1)N1CCC(c2ccc3cc(-c4cncnc4)cnc3n2)CC1. The highest BCUT2D eigenvalue weighted by Gasteiger charge is 2.25. The molecule has 0 aromatic carbocycles. The second-order valence-electron chi connectivity index (χ2n) is 7.33. The number of aromatic nitrogens is 6. The molecule has 1 saturated heterocycles. The van der Waals surface area contributed by atoms with Gasteiger partial charge in [0.2, 0.25) is 0 Å². The largest absolute Gasteiger partial charge is 0.339 e. The van der Waals surface area contributed by atoms with Gasteiger partial charge in [0.25, 0.3) is 5.91 Å². The molecule has 4 aromatic heterocycles. The van der Waals surface area contributed by atoms with Crippen LogP contribution in [0.2, 0.25) is 0 Å². The Balaban J connectivity index is 1.30. The Labute approximate surface area is 173 Å². The Morgan fingerprint density at radius 2 is 1.57 bits per heavy atom. The highest BCUT2D eigenvalue weighted by molar-refractivity contribution is 5.93. The average molecular weight is 397 g/mol. The second kappa shape index (κ2) is 7.90. The normalized spacial score (nSPS) is 14.7. The van der Waals surface area contributed by atoms with E-state index in [0.29, 0.717) is 24.6 Å². The first-order valence-corrected chi connectivity index (χ1v) is 9.84. The smallest absolute Gasteiger partial charge is 0.256 e. The van der Waals surface area contributed by atoms with Gasteiger partial charge in [0.05, 0.1) is 5.56 Å². The first kappa shape index (κ1) is 18.2. The Morgan fingerprint density at radius 3 is 2.30 bits per heavy atom. The molecule has 4 aromatic rings. The van der Waals surface area contributed by atoms with Gasteiger partial charge in [-0.2, -0.15) is 0 Å². The summed E-state index contributed by atoms with van der Waals surface area (Å²) in [4.78, 5) is 39.8. The van der Waals surface area contributed by atoms with Gasteiger partial charge < -0.3 is 4.90 Å². The summed E-state index contributed by atoms with van der Waals surface area (Å²) in [6.45, 7) is 1.39. The topological polar surface area (TPSA) is 97.7 Å². The van der Waals surface area contributed by atoms with Gasteiger partial charge in [-0.1, -0.05) is 0 Å². The van der Waals surface area contributed by atoms with Crippen LogP contribution in [0.5, 0.6) is 0 Å². The van der Waals surface area contributed by atoms with Crippen molar-refractivity contribution in [1.29, 1.82) is 0 Å². The molecule has 0 atom stereocenters. The highest BCUT2D eigenvalue weighted by Crippen LogP contribution is 2.29. The maximum Gasteiger partial charge on any atom is 0.256 e. The zero-order chi connectivity index (χ0) is 20.3. The number of rotatable bonds is 3. The lowest BCUT2D eigenvalue weighted by molar-refractivity contribution is 0.0711. The van der Waals surface area contributed by atoms with Crippen LogP contribution in [0.25, 0.3) is 22.2 Å². The standard InChI is InChI=1S/C22H19N7O/c30-22(19-10-25-14-26-11-19)29-5-3-15(4-6-29)20-2-1-16-7-17(12-27-21(16)28-20)18-8-23-13-24-9-18/h1-2,7-15H,3-6H2. The molecule has 0 N–H and O–H groups in total. The molecule has 0 radical (unpaired) electrons. The molecule has 5 heterocycles. The minimum atomic E-state index is -0.0143. The van der Waals surface area contributed by atoms with Gasteiger partial charge in [-0.25, -0.2) is 29.9 Å². The second-order valence-corrected chi connectivity index (χ2v) is 7.33. The number of hydrogen-bond donors (Lipinski definition) is 0. The lowest BCUT2D eigenvalue weighted by Crippen LogP contribution is -2.38. The van der Waals surface area contributed by atoms with Crippen molar-refractivity contribution in [2.75, 3.05) is 13.1 Å². The Hall–Kier alpha value is -3.81. The molecule has 1 fully saturated rings. The van der Waals surface area contributed by atoms with Crippen LogP contribution >= 0.6 is 0 Å². The zero-order valence-electron chi connectivity index (χ0n) is 16.2. The number of carbonyl (C=O) groups excluding carboxylic acids is 1. The minimum Gasteiger partial charge on any atom is -0.339 e. The molecule has 0 bridgehead atoms. The molecular weight excluding hydrogens is 378 g/mol. The number of amides is 1. The number of pyridine rings is 2. The molecule has 5 rings (SSSR count). The van der Waals surface area contributed by atoms with E-state index >= 15 is 0 Å². The van der Waals surface area contributed by atoms with Crippen LogP contribution in [0.1, 0.15) is 34.8 Å². The van der Waals surface area contributed by atoms with Crippen LogP contribution in [-0.4, -0.2) is 53.8 Å². The van der Waals surface area contributed by atoms with Crippen LogP contribution in [-0.2, 0) is 0 Å². The fraction of sp³-hybridized carbons (Fsp3) is 0.227. The van der Waals surface area contributed by atoms with E-state index in [4.69, 9.17) is 4.98 Å². The van der Waals surface area contributed by atoms with Crippen LogP contribution < -0.4 is 0 Å². The summed E-state index contributed by atoms with van der Waals surface area (Å²) in [5.41, 5.74) is 4.18. The summed E-state index contributed by atoms with van der Waals surface area (Å²) < 4.78 is 0. The van der Waals surface area contributed by atoms with Gasteiger partial charge in [-0.15, -0.1) is 0 Å². The van der Waals surface area contributed by atoms with E-state index in [-0.39, 0.29) is 5.91 Å². The summed E-state index contributed by atoms with van der Waals surface area (Å²) in [5.74, 6) is 0.300. The molecule has 1 amide bonds. The van der Waals surface area contributed by atoms with Crippen molar-refractivity contribution in [3.8, 4) is 11.1 Å². The van der Waals surface area contributed by atoms with E-state index in [9.17, 15) is 4.79 Å². The Morgan fingerprint density at radius 1 is 0.867 bits per heavy atom. The third-order valence-corrected chi connectivity index (χ3v) is 5.47. The van der Waals surface area contributed by atoms with Crippen LogP contribution in [0, 0.1) is 0 Å². The molecule has 8 nitrogen and oxygen atoms in total. The molecule has 0 saturated carbocycles. The number of likely N-dealkylation sites (tertiary alicyclic amines) is 1. The minimum absolute atomic E-state index is 0.0143. The molecule has 1 aliphatic rings. The predicted molar refractivity (Wildman–Crippen MR) is 110 cm³/mol. The van der Waals surface area contributed by atoms with Gasteiger partial charge in [0.1, 0.15) is 12.7 Å². The van der Waals surface area contributed by atoms with Crippen molar-refractivity contribution in [3.05, 3.63) is 73.1 Å². The number of hydrogen-bond acceptors (Lipinski definition) is 7. The number of carbonyl (C=O) groups is 1. The number of fused-ring (bicyclic) bond motifs is 1. The molecule has 1 aliphatic heterocycles. The van der Waals surface area contributed by atoms with Crippen molar-refractivity contribution in [3.63, 3.8) is 0 Å². The maximum atomic E-state index is 12.6. The number of nitrogens with zero attached hydrogens (tertiary/aromatic N) is 7. The predicted octanol–water partition coefficient (Wildman–Crippen LogP) is 2.90. The van der Waals surface area contributed by atoms with E-state index in [1.54, 1.807) is 31.0 Å². The lowest BCUT2D eigenvalue weighted by atomic mass is 9.92. The molecular formula is C22H19N7O. The Bertz CT molecular complexity index is 1180. The fourth-order valence-electron chi connectivity index (χ4n) is 3.83. The van der Waals surface area contributed by atoms with Crippen molar-refractivity contribution in [1.82, 2.24) is 34.8 Å². The third-order valence-electron chi connectivity index (χ3n) is 5.47. The molecule has 0 unspecified atom stereocenters. The summed E-state index contributed by atoms with van der Waals surface area (Å²) >= 11 is 0. The Kier molecular flexibility index (Phi) is 4.80. The van der Waals surface area contributed by atoms with Crippen molar-refractivity contribution >= 4 is 16.9 Å². The van der Waals surface area contributed by atoms with Gasteiger partial charge in [-0.05, 0) is 31.0 Å². The van der Waals surface area contributed by atoms with Gasteiger partial charge in [-0.3, -0.25) is 4.79 Å². The monoisotopic (exact) mass is 397 g/mol. The number of piperidine rings is 1. The summed E-state index contributed by atoms with van der Waals surface area (Å²) in [6, 6.07) is 6.19. The third kappa shape index (κ3) is 3.59. The quantitative estimate of drug-likeness (QED) is 0.524. The molecule has 0 aliphatic carbocycles. The lowest BCUT2D eigenvalue weighted by Gasteiger charge is -2.31. The van der Waals surface area contributed by atoms with E-state index in [1.165, 1.54) is 12.7 Å². The zero-order valence-corrected chi connectivity index (χ0v) is 16.2. The van der Waals surface area contributed by atoms with E-state index in [1.807, 2.05) is 4.90 Å². The van der Waals surface area contributed by atoms with Gasteiger partial charge in [0, 0.05) is 72.2 Å². The molecule has 148 valence electrons. The summed E-state index contributed by atoms with van der Waals surface area (Å²) in [6.07, 6.45) is 13.2. The van der Waals surface area contributed by atoms with Gasteiger partial charge in [0.15, 0.2) is 5.65 Å². The fourth-order valence-corrected chi connectivity index (χ4v) is 3.83. The van der Waals surface area contributed by atoms with E-state index in [0.717, 1.165) is 40.7 Å². The van der Waals surface area contributed by atoms with Gasteiger partial charge >= 0.3 is 0 Å².